The zero-order valence-electron chi connectivity index (χ0n) is 14.9. The molecule has 2 atom stereocenters. The molecule has 0 aliphatic carbocycles. The summed E-state index contributed by atoms with van der Waals surface area (Å²) in [6.07, 6.45) is 2.42. The number of fused-ring (bicyclic) bond motifs is 1. The number of thiazole rings is 1. The summed E-state index contributed by atoms with van der Waals surface area (Å²) in [6, 6.07) is 4.57. The Balaban J connectivity index is 1.46. The van der Waals surface area contributed by atoms with E-state index in [1.165, 1.54) is 5.69 Å². The highest BCUT2D eigenvalue weighted by Crippen LogP contribution is 2.27. The topological polar surface area (TPSA) is 54.4 Å². The number of hydrogen-bond acceptors (Lipinski definition) is 7. The van der Waals surface area contributed by atoms with Crippen LogP contribution in [-0.2, 0) is 11.3 Å². The maximum atomic E-state index is 6.12. The number of aromatic nitrogens is 3. The second-order valence-corrected chi connectivity index (χ2v) is 7.96. The lowest BCUT2D eigenvalue weighted by atomic mass is 10.0. The Labute approximate surface area is 152 Å². The number of ether oxygens (including phenoxy) is 1. The first-order chi connectivity index (χ1) is 12.2. The summed E-state index contributed by atoms with van der Waals surface area (Å²) in [5.74, 6) is 0.978. The lowest BCUT2D eigenvalue weighted by molar-refractivity contribution is -0.0749. The Morgan fingerprint density at radius 1 is 1.16 bits per heavy atom. The first-order valence-electron chi connectivity index (χ1n) is 9.01. The van der Waals surface area contributed by atoms with E-state index in [9.17, 15) is 0 Å². The van der Waals surface area contributed by atoms with Gasteiger partial charge in [0.05, 0.1) is 29.1 Å². The van der Waals surface area contributed by atoms with Crippen molar-refractivity contribution in [3.63, 3.8) is 0 Å². The Hall–Kier alpha value is -1.57. The zero-order valence-corrected chi connectivity index (χ0v) is 15.7. The standard InChI is InChI=1S/C18H25N5OS/c1-13-3-4-18(21-20-13)22-7-5-16-17(6-8-22)24-10-9-23(16)11-15-12-25-14(2)19-15/h3-4,12,16-17H,5-11H2,1-2H3. The minimum absolute atomic E-state index is 0.303. The van der Waals surface area contributed by atoms with Crippen molar-refractivity contribution in [1.29, 1.82) is 0 Å². The molecule has 2 fully saturated rings. The van der Waals surface area contributed by atoms with E-state index in [1.54, 1.807) is 11.3 Å². The summed E-state index contributed by atoms with van der Waals surface area (Å²) in [4.78, 5) is 9.55. The monoisotopic (exact) mass is 359 g/mol. The number of rotatable bonds is 3. The highest BCUT2D eigenvalue weighted by Gasteiger charge is 2.35. The highest BCUT2D eigenvalue weighted by atomic mass is 32.1. The van der Waals surface area contributed by atoms with Gasteiger partial charge in [0, 0.05) is 37.6 Å². The van der Waals surface area contributed by atoms with Gasteiger partial charge in [0.1, 0.15) is 0 Å². The van der Waals surface area contributed by atoms with Gasteiger partial charge < -0.3 is 9.64 Å². The summed E-state index contributed by atoms with van der Waals surface area (Å²) < 4.78 is 6.12. The van der Waals surface area contributed by atoms with E-state index < -0.39 is 0 Å². The Bertz CT molecular complexity index is 704. The maximum Gasteiger partial charge on any atom is 0.151 e. The molecule has 2 aliphatic heterocycles. The first-order valence-corrected chi connectivity index (χ1v) is 9.89. The average molecular weight is 359 g/mol. The predicted octanol–water partition coefficient (Wildman–Crippen LogP) is 2.42. The van der Waals surface area contributed by atoms with Gasteiger partial charge in [-0.2, -0.15) is 5.10 Å². The van der Waals surface area contributed by atoms with E-state index in [4.69, 9.17) is 4.74 Å². The summed E-state index contributed by atoms with van der Waals surface area (Å²) in [5, 5.41) is 11.9. The van der Waals surface area contributed by atoms with E-state index in [2.05, 4.69) is 43.4 Å². The molecule has 134 valence electrons. The van der Waals surface area contributed by atoms with Crippen molar-refractivity contribution < 1.29 is 4.74 Å². The number of aryl methyl sites for hydroxylation is 2. The van der Waals surface area contributed by atoms with Crippen LogP contribution in [0.1, 0.15) is 29.2 Å². The van der Waals surface area contributed by atoms with E-state index in [-0.39, 0.29) is 0 Å². The zero-order chi connectivity index (χ0) is 17.2. The molecule has 2 saturated heterocycles. The Kier molecular flexibility index (Phi) is 4.96. The van der Waals surface area contributed by atoms with Crippen LogP contribution in [-0.4, -0.2) is 58.5 Å². The van der Waals surface area contributed by atoms with Gasteiger partial charge >= 0.3 is 0 Å². The summed E-state index contributed by atoms with van der Waals surface area (Å²) in [5.41, 5.74) is 2.15. The fourth-order valence-corrected chi connectivity index (χ4v) is 4.44. The van der Waals surface area contributed by atoms with Crippen LogP contribution < -0.4 is 4.90 Å². The van der Waals surface area contributed by atoms with Gasteiger partial charge in [0.2, 0.25) is 0 Å². The van der Waals surface area contributed by atoms with Gasteiger partial charge in [-0.1, -0.05) is 0 Å². The smallest absolute Gasteiger partial charge is 0.151 e. The Morgan fingerprint density at radius 3 is 2.80 bits per heavy atom. The third-order valence-corrected chi connectivity index (χ3v) is 5.95. The SMILES string of the molecule is Cc1ccc(N2CCC3OCCN(Cc4csc(C)n4)C3CC2)nn1. The molecule has 4 heterocycles. The fraction of sp³-hybridized carbons (Fsp3) is 0.611. The van der Waals surface area contributed by atoms with Crippen LogP contribution in [0, 0.1) is 13.8 Å². The largest absolute Gasteiger partial charge is 0.375 e. The molecule has 7 heteroatoms. The molecule has 4 rings (SSSR count). The summed E-state index contributed by atoms with van der Waals surface area (Å²) in [7, 11) is 0. The molecule has 0 spiro atoms. The number of nitrogens with zero attached hydrogens (tertiary/aromatic N) is 5. The highest BCUT2D eigenvalue weighted by molar-refractivity contribution is 7.09. The van der Waals surface area contributed by atoms with Gasteiger partial charge in [-0.25, -0.2) is 4.98 Å². The number of hydrogen-bond donors (Lipinski definition) is 0. The molecule has 0 aromatic carbocycles. The molecule has 0 bridgehead atoms. The van der Waals surface area contributed by atoms with Crippen LogP contribution in [0.3, 0.4) is 0 Å². The third-order valence-electron chi connectivity index (χ3n) is 5.13. The number of morpholine rings is 1. The van der Waals surface area contributed by atoms with Crippen molar-refractivity contribution in [3.05, 3.63) is 33.9 Å². The van der Waals surface area contributed by atoms with Gasteiger partial charge in [-0.15, -0.1) is 16.4 Å². The molecular weight excluding hydrogens is 334 g/mol. The second kappa shape index (κ2) is 7.35. The van der Waals surface area contributed by atoms with Crippen molar-refractivity contribution in [2.24, 2.45) is 0 Å². The van der Waals surface area contributed by atoms with E-state index >= 15 is 0 Å². The molecule has 0 amide bonds. The van der Waals surface area contributed by atoms with Crippen LogP contribution in [0.5, 0.6) is 0 Å². The van der Waals surface area contributed by atoms with Crippen LogP contribution >= 0.6 is 11.3 Å². The lowest BCUT2D eigenvalue weighted by Gasteiger charge is -2.40. The predicted molar refractivity (Wildman–Crippen MR) is 99.0 cm³/mol. The van der Waals surface area contributed by atoms with E-state index in [0.29, 0.717) is 12.1 Å². The Morgan fingerprint density at radius 2 is 2.04 bits per heavy atom. The molecule has 0 saturated carbocycles. The normalized spacial score (nSPS) is 24.8. The molecule has 2 aliphatic rings. The lowest BCUT2D eigenvalue weighted by Crippen LogP contribution is -2.50. The first kappa shape index (κ1) is 16.9. The quantitative estimate of drug-likeness (QED) is 0.839. The molecule has 2 aromatic rings. The molecule has 2 aromatic heterocycles. The van der Waals surface area contributed by atoms with Crippen LogP contribution in [0.2, 0.25) is 0 Å². The van der Waals surface area contributed by atoms with Crippen molar-refractivity contribution in [2.75, 3.05) is 31.1 Å². The van der Waals surface area contributed by atoms with Crippen LogP contribution in [0.15, 0.2) is 17.5 Å². The molecule has 6 nitrogen and oxygen atoms in total. The van der Waals surface area contributed by atoms with Crippen LogP contribution in [0.4, 0.5) is 5.82 Å². The van der Waals surface area contributed by atoms with Crippen molar-refractivity contribution >= 4 is 17.2 Å². The molecule has 25 heavy (non-hydrogen) atoms. The second-order valence-electron chi connectivity index (χ2n) is 6.90. The van der Waals surface area contributed by atoms with Crippen molar-refractivity contribution in [3.8, 4) is 0 Å². The molecule has 0 radical (unpaired) electrons. The third kappa shape index (κ3) is 3.83. The molecule has 2 unspecified atom stereocenters. The van der Waals surface area contributed by atoms with Crippen LogP contribution in [0.25, 0.3) is 0 Å². The molecule has 0 N–H and O–H groups in total. The summed E-state index contributed by atoms with van der Waals surface area (Å²) >= 11 is 1.73. The maximum absolute atomic E-state index is 6.12. The summed E-state index contributed by atoms with van der Waals surface area (Å²) in [6.45, 7) is 8.75. The minimum atomic E-state index is 0.303. The van der Waals surface area contributed by atoms with E-state index in [1.807, 2.05) is 13.0 Å². The fourth-order valence-electron chi connectivity index (χ4n) is 3.84. The van der Waals surface area contributed by atoms with Gasteiger partial charge in [-0.05, 0) is 38.8 Å². The van der Waals surface area contributed by atoms with Crippen molar-refractivity contribution in [1.82, 2.24) is 20.1 Å². The average Bonchev–Trinajstić information content (AvgIpc) is 2.90. The van der Waals surface area contributed by atoms with Crippen molar-refractivity contribution in [2.45, 2.75) is 45.4 Å². The number of anilines is 1. The van der Waals surface area contributed by atoms with Gasteiger partial charge in [-0.3, -0.25) is 4.90 Å². The van der Waals surface area contributed by atoms with E-state index in [0.717, 1.165) is 62.1 Å². The minimum Gasteiger partial charge on any atom is -0.375 e. The van der Waals surface area contributed by atoms with Gasteiger partial charge in [0.15, 0.2) is 5.82 Å². The molecular formula is C18H25N5OS. The van der Waals surface area contributed by atoms with Gasteiger partial charge in [0.25, 0.3) is 0 Å².